The van der Waals surface area contributed by atoms with Crippen LogP contribution in [0, 0.1) is 12.3 Å². The van der Waals surface area contributed by atoms with Crippen LogP contribution >= 0.6 is 11.3 Å². The van der Waals surface area contributed by atoms with E-state index in [1.807, 2.05) is 53.1 Å². The van der Waals surface area contributed by atoms with Crippen LogP contribution in [0.25, 0.3) is 10.2 Å². The fourth-order valence-corrected chi connectivity index (χ4v) is 3.57. The van der Waals surface area contributed by atoms with E-state index in [0.29, 0.717) is 11.3 Å². The van der Waals surface area contributed by atoms with E-state index in [1.54, 1.807) is 7.11 Å². The number of ether oxygens (including phenoxy) is 1. The van der Waals surface area contributed by atoms with Gasteiger partial charge >= 0.3 is 0 Å². The van der Waals surface area contributed by atoms with Gasteiger partial charge in [-0.05, 0) is 17.7 Å². The number of aromatic nitrogens is 1. The summed E-state index contributed by atoms with van der Waals surface area (Å²) >= 11 is 1.43. The van der Waals surface area contributed by atoms with E-state index >= 15 is 0 Å². The lowest BCUT2D eigenvalue weighted by Crippen LogP contribution is -2.17. The second kappa shape index (κ2) is 7.16. The van der Waals surface area contributed by atoms with Gasteiger partial charge in [-0.3, -0.25) is 4.79 Å². The molecule has 3 aromatic rings. The van der Waals surface area contributed by atoms with Crippen LogP contribution in [0.3, 0.4) is 0 Å². The Balaban J connectivity index is 2.06. The predicted octanol–water partition coefficient (Wildman–Crippen LogP) is 3.01. The van der Waals surface area contributed by atoms with Crippen molar-refractivity contribution in [2.75, 3.05) is 7.11 Å². The van der Waals surface area contributed by atoms with E-state index in [2.05, 4.69) is 10.9 Å². The lowest BCUT2D eigenvalue weighted by molar-refractivity contribution is -0.117. The minimum Gasteiger partial charge on any atom is -0.495 e. The third-order valence-corrected chi connectivity index (χ3v) is 4.60. The summed E-state index contributed by atoms with van der Waals surface area (Å²) in [6.07, 6.45) is 5.76. The topological polar surface area (TPSA) is 43.6 Å². The first kappa shape index (κ1) is 16.0. The molecule has 1 heterocycles. The standard InChI is InChI=1S/C19H16N2O2S/c1-3-12-21-18-15(23-2)10-7-11-16(18)24-19(21)20-17(22)13-14-8-5-4-6-9-14/h1,4-11H,12-13H2,2H3. The second-order valence-electron chi connectivity index (χ2n) is 5.15. The molecule has 0 bridgehead atoms. The molecular formula is C19H16N2O2S. The largest absolute Gasteiger partial charge is 0.495 e. The Bertz CT molecular complexity index is 978. The van der Waals surface area contributed by atoms with Gasteiger partial charge in [-0.25, -0.2) is 0 Å². The van der Waals surface area contributed by atoms with E-state index in [1.165, 1.54) is 11.3 Å². The molecule has 0 aliphatic heterocycles. The molecule has 5 heteroatoms. The molecule has 0 unspecified atom stereocenters. The summed E-state index contributed by atoms with van der Waals surface area (Å²) in [5.41, 5.74) is 1.81. The van der Waals surface area contributed by atoms with Crippen LogP contribution in [0.2, 0.25) is 0 Å². The summed E-state index contributed by atoms with van der Waals surface area (Å²) in [4.78, 5) is 17.2. The van der Waals surface area contributed by atoms with Gasteiger partial charge in [-0.15, -0.1) is 6.42 Å². The molecule has 0 fully saturated rings. The van der Waals surface area contributed by atoms with Crippen LogP contribution < -0.4 is 9.54 Å². The molecule has 0 saturated carbocycles. The molecule has 2 aromatic carbocycles. The molecule has 24 heavy (non-hydrogen) atoms. The summed E-state index contributed by atoms with van der Waals surface area (Å²) in [7, 11) is 1.62. The van der Waals surface area contributed by atoms with Crippen molar-refractivity contribution in [2.45, 2.75) is 13.0 Å². The number of hydrogen-bond donors (Lipinski definition) is 0. The maximum atomic E-state index is 12.3. The number of amides is 1. The Kier molecular flexibility index (Phi) is 4.78. The van der Waals surface area contributed by atoms with Gasteiger partial charge in [0.1, 0.15) is 11.3 Å². The van der Waals surface area contributed by atoms with Crippen LogP contribution in [-0.4, -0.2) is 17.6 Å². The number of carbonyl (C=O) groups is 1. The molecule has 120 valence electrons. The maximum Gasteiger partial charge on any atom is 0.252 e. The summed E-state index contributed by atoms with van der Waals surface area (Å²) in [5.74, 6) is 3.14. The highest BCUT2D eigenvalue weighted by Crippen LogP contribution is 2.27. The first-order valence-corrected chi connectivity index (χ1v) is 8.26. The van der Waals surface area contributed by atoms with Crippen molar-refractivity contribution in [1.82, 2.24) is 4.57 Å². The van der Waals surface area contributed by atoms with Gasteiger partial charge in [0.15, 0.2) is 4.80 Å². The minimum atomic E-state index is -0.197. The number of para-hydroxylation sites is 1. The highest BCUT2D eigenvalue weighted by atomic mass is 32.1. The third kappa shape index (κ3) is 3.24. The second-order valence-corrected chi connectivity index (χ2v) is 6.16. The first-order valence-electron chi connectivity index (χ1n) is 7.44. The van der Waals surface area contributed by atoms with Crippen molar-refractivity contribution >= 4 is 27.5 Å². The van der Waals surface area contributed by atoms with Gasteiger partial charge in [-0.1, -0.05) is 53.7 Å². The molecule has 1 aromatic heterocycles. The number of nitrogens with zero attached hydrogens (tertiary/aromatic N) is 2. The molecule has 0 aliphatic rings. The third-order valence-electron chi connectivity index (χ3n) is 3.55. The van der Waals surface area contributed by atoms with Crippen molar-refractivity contribution < 1.29 is 9.53 Å². The molecular weight excluding hydrogens is 320 g/mol. The van der Waals surface area contributed by atoms with Crippen molar-refractivity contribution in [3.05, 3.63) is 58.9 Å². The average molecular weight is 336 g/mol. The molecule has 0 aliphatic carbocycles. The van der Waals surface area contributed by atoms with Gasteiger partial charge in [0.05, 0.1) is 24.8 Å². The minimum absolute atomic E-state index is 0.197. The Morgan fingerprint density at radius 2 is 2.04 bits per heavy atom. The van der Waals surface area contributed by atoms with Crippen LogP contribution in [-0.2, 0) is 17.8 Å². The van der Waals surface area contributed by atoms with Crippen LogP contribution in [0.1, 0.15) is 5.56 Å². The number of benzene rings is 2. The quantitative estimate of drug-likeness (QED) is 0.688. The van der Waals surface area contributed by atoms with Gasteiger partial charge in [-0.2, -0.15) is 4.99 Å². The van der Waals surface area contributed by atoms with E-state index in [9.17, 15) is 4.79 Å². The highest BCUT2D eigenvalue weighted by Gasteiger charge is 2.11. The van der Waals surface area contributed by atoms with Crippen molar-refractivity contribution in [3.8, 4) is 18.1 Å². The molecule has 4 nitrogen and oxygen atoms in total. The van der Waals surface area contributed by atoms with Gasteiger partial charge in [0, 0.05) is 0 Å². The zero-order valence-electron chi connectivity index (χ0n) is 13.2. The average Bonchev–Trinajstić information content (AvgIpc) is 2.93. The zero-order valence-corrected chi connectivity index (χ0v) is 14.0. The Labute approximate surface area is 144 Å². The first-order chi connectivity index (χ1) is 11.7. The zero-order chi connectivity index (χ0) is 16.9. The van der Waals surface area contributed by atoms with E-state index < -0.39 is 0 Å². The monoisotopic (exact) mass is 336 g/mol. The lowest BCUT2D eigenvalue weighted by atomic mass is 10.1. The fraction of sp³-hybridized carbons (Fsp3) is 0.158. The number of thiazole rings is 1. The predicted molar refractivity (Wildman–Crippen MR) is 95.9 cm³/mol. The van der Waals surface area contributed by atoms with Gasteiger partial charge in [0.2, 0.25) is 0 Å². The van der Waals surface area contributed by atoms with E-state index in [0.717, 1.165) is 21.5 Å². The lowest BCUT2D eigenvalue weighted by Gasteiger charge is -2.05. The highest BCUT2D eigenvalue weighted by molar-refractivity contribution is 7.16. The number of methoxy groups -OCH3 is 1. The number of carbonyl (C=O) groups excluding carboxylic acids is 1. The van der Waals surface area contributed by atoms with Crippen LogP contribution in [0.5, 0.6) is 5.75 Å². The van der Waals surface area contributed by atoms with E-state index in [-0.39, 0.29) is 12.3 Å². The molecule has 3 rings (SSSR count). The molecule has 0 saturated heterocycles. The maximum absolute atomic E-state index is 12.3. The summed E-state index contributed by atoms with van der Waals surface area (Å²) in [6.45, 7) is 0.331. The summed E-state index contributed by atoms with van der Waals surface area (Å²) in [6, 6.07) is 15.3. The fourth-order valence-electron chi connectivity index (χ4n) is 2.50. The molecule has 0 N–H and O–H groups in total. The SMILES string of the molecule is C#CCn1c(=NC(=O)Cc2ccccc2)sc2cccc(OC)c21. The Morgan fingerprint density at radius 1 is 1.25 bits per heavy atom. The summed E-state index contributed by atoms with van der Waals surface area (Å²) in [5, 5.41) is 0. The number of fused-ring (bicyclic) bond motifs is 1. The van der Waals surface area contributed by atoms with Crippen molar-refractivity contribution in [1.29, 1.82) is 0 Å². The Hall–Kier alpha value is -2.84. The molecule has 0 radical (unpaired) electrons. The normalized spacial score (nSPS) is 11.4. The van der Waals surface area contributed by atoms with Crippen LogP contribution in [0.4, 0.5) is 0 Å². The number of rotatable bonds is 4. The van der Waals surface area contributed by atoms with E-state index in [4.69, 9.17) is 11.2 Å². The summed E-state index contributed by atoms with van der Waals surface area (Å²) < 4.78 is 8.25. The van der Waals surface area contributed by atoms with Gasteiger partial charge in [0.25, 0.3) is 5.91 Å². The van der Waals surface area contributed by atoms with Gasteiger partial charge < -0.3 is 9.30 Å². The molecule has 0 spiro atoms. The molecule has 0 atom stereocenters. The Morgan fingerprint density at radius 3 is 2.75 bits per heavy atom. The number of terminal acetylenes is 1. The van der Waals surface area contributed by atoms with Crippen molar-refractivity contribution in [3.63, 3.8) is 0 Å². The van der Waals surface area contributed by atoms with Crippen molar-refractivity contribution in [2.24, 2.45) is 4.99 Å². The molecule has 1 amide bonds. The smallest absolute Gasteiger partial charge is 0.252 e. The van der Waals surface area contributed by atoms with Crippen LogP contribution in [0.15, 0.2) is 53.5 Å². The number of hydrogen-bond acceptors (Lipinski definition) is 3.